The first-order valence-corrected chi connectivity index (χ1v) is 13.1. The number of hydrogen-bond acceptors (Lipinski definition) is 10. The molecule has 1 unspecified atom stereocenters. The average Bonchev–Trinajstić information content (AvgIpc) is 3.77. The summed E-state index contributed by atoms with van der Waals surface area (Å²) >= 11 is 0. The summed E-state index contributed by atoms with van der Waals surface area (Å²) in [4.78, 5) is 40.1. The molecule has 4 aromatic rings. The van der Waals surface area contributed by atoms with Gasteiger partial charge in [-0.15, -0.1) is 0 Å². The van der Waals surface area contributed by atoms with Crippen LogP contribution >= 0.6 is 0 Å². The van der Waals surface area contributed by atoms with Crippen LogP contribution in [0.5, 0.6) is 0 Å². The van der Waals surface area contributed by atoms with E-state index in [2.05, 4.69) is 20.6 Å². The van der Waals surface area contributed by atoms with Crippen molar-refractivity contribution in [3.63, 3.8) is 0 Å². The number of halogens is 3. The number of fused-ring (bicyclic) bond motifs is 1. The zero-order chi connectivity index (χ0) is 28.7. The monoisotopic (exact) mass is 570 g/mol. The Hall–Kier alpha value is -4.53. The molecular formula is C26H25F3N8O4. The molecule has 0 bridgehead atoms. The maximum absolute atomic E-state index is 14.1. The van der Waals surface area contributed by atoms with Crippen molar-refractivity contribution in [2.45, 2.75) is 50.4 Å². The highest BCUT2D eigenvalue weighted by Gasteiger charge is 2.45. The molecule has 1 amide bonds. The number of alkyl halides is 3. The van der Waals surface area contributed by atoms with Gasteiger partial charge >= 0.3 is 12.1 Å². The second-order valence-corrected chi connectivity index (χ2v) is 9.98. The third-order valence-corrected chi connectivity index (χ3v) is 7.39. The molecule has 1 aliphatic carbocycles. The fraction of sp³-hybridized carbons (Fsp3) is 0.385. The number of nitrogen functional groups attached to an aromatic ring is 1. The van der Waals surface area contributed by atoms with E-state index in [-0.39, 0.29) is 41.9 Å². The Labute approximate surface area is 230 Å². The lowest BCUT2D eigenvalue weighted by Crippen LogP contribution is -2.45. The molecule has 0 spiro atoms. The van der Waals surface area contributed by atoms with Gasteiger partial charge in [-0.2, -0.15) is 18.2 Å². The maximum Gasteiger partial charge on any atom is 0.493 e. The van der Waals surface area contributed by atoms with E-state index >= 15 is 0 Å². The first-order valence-electron chi connectivity index (χ1n) is 13.1. The predicted octanol–water partition coefficient (Wildman–Crippen LogP) is 3.67. The minimum Gasteiger partial charge on any atom is -0.379 e. The molecule has 1 aliphatic heterocycles. The Balaban J connectivity index is 1.59. The van der Waals surface area contributed by atoms with Crippen LogP contribution in [0.25, 0.3) is 33.8 Å². The number of imidazole rings is 1. The zero-order valence-electron chi connectivity index (χ0n) is 21.6. The molecular weight excluding hydrogens is 545 g/mol. The highest BCUT2D eigenvalue weighted by atomic mass is 19.4. The zero-order valence-corrected chi connectivity index (χ0v) is 21.6. The van der Waals surface area contributed by atoms with Crippen LogP contribution in [-0.4, -0.2) is 67.1 Å². The van der Waals surface area contributed by atoms with E-state index in [0.717, 1.165) is 25.7 Å². The molecule has 2 fully saturated rings. The molecule has 214 valence electrons. The standard InChI is InChI=1S/C26H25F3N8O4/c27-26(28,29)25(39)40-37(16-10-11-31-12-16)24(38)17-13-32-18(14-6-2-1-3-7-14)19-21(17)36(15-8-4-5-9-15)23(33-19)20-22(30)35-41-34-20/h1-3,6-7,13,15-16,31H,4-5,8-12H2,(H2,30,35). The van der Waals surface area contributed by atoms with Crippen LogP contribution in [0.4, 0.5) is 19.0 Å². The van der Waals surface area contributed by atoms with E-state index in [0.29, 0.717) is 33.9 Å². The minimum atomic E-state index is -5.30. The molecule has 1 aromatic carbocycles. The normalized spacial score (nSPS) is 17.8. The maximum atomic E-state index is 14.1. The van der Waals surface area contributed by atoms with Gasteiger partial charge in [0.25, 0.3) is 5.91 Å². The van der Waals surface area contributed by atoms with Crippen molar-refractivity contribution in [2.24, 2.45) is 0 Å². The van der Waals surface area contributed by atoms with Gasteiger partial charge in [0, 0.05) is 24.3 Å². The van der Waals surface area contributed by atoms with Crippen molar-refractivity contribution in [1.29, 1.82) is 0 Å². The number of hydroxylamine groups is 2. The highest BCUT2D eigenvalue weighted by molar-refractivity contribution is 6.08. The van der Waals surface area contributed by atoms with Gasteiger partial charge in [0.2, 0.25) is 0 Å². The molecule has 2 aliphatic rings. The fourth-order valence-corrected chi connectivity index (χ4v) is 5.49. The highest BCUT2D eigenvalue weighted by Crippen LogP contribution is 2.41. The predicted molar refractivity (Wildman–Crippen MR) is 138 cm³/mol. The van der Waals surface area contributed by atoms with Gasteiger partial charge in [-0.25, -0.2) is 14.4 Å². The lowest BCUT2D eigenvalue weighted by Gasteiger charge is -2.27. The second kappa shape index (κ2) is 10.5. The Morgan fingerprint density at radius 1 is 1.10 bits per heavy atom. The number of pyridine rings is 1. The van der Waals surface area contributed by atoms with E-state index in [4.69, 9.17) is 20.2 Å². The fourth-order valence-electron chi connectivity index (χ4n) is 5.49. The van der Waals surface area contributed by atoms with Gasteiger partial charge in [-0.05, 0) is 36.1 Å². The Kier molecular flexibility index (Phi) is 6.81. The molecule has 12 nitrogen and oxygen atoms in total. The number of hydrogen-bond donors (Lipinski definition) is 2. The van der Waals surface area contributed by atoms with E-state index < -0.39 is 24.1 Å². The van der Waals surface area contributed by atoms with E-state index in [1.165, 1.54) is 6.20 Å². The van der Waals surface area contributed by atoms with Gasteiger partial charge in [-0.1, -0.05) is 43.2 Å². The van der Waals surface area contributed by atoms with Crippen molar-refractivity contribution in [3.8, 4) is 22.8 Å². The molecule has 3 aromatic heterocycles. The SMILES string of the molecule is Nc1nonc1-c1nc2c(-c3ccccc3)ncc(C(=O)N(OC(=O)C(F)(F)F)C3CCNC3)c2n1C1CCCC1. The summed E-state index contributed by atoms with van der Waals surface area (Å²) in [6.45, 7) is 0.574. The minimum absolute atomic E-state index is 0.0144. The van der Waals surface area contributed by atoms with Crippen LogP contribution in [0.2, 0.25) is 0 Å². The number of carbonyl (C=O) groups is 2. The number of carbonyl (C=O) groups excluding carboxylic acids is 2. The Morgan fingerprint density at radius 3 is 2.49 bits per heavy atom. The van der Waals surface area contributed by atoms with Gasteiger partial charge in [0.15, 0.2) is 17.3 Å². The summed E-state index contributed by atoms with van der Waals surface area (Å²) in [7, 11) is 0. The lowest BCUT2D eigenvalue weighted by molar-refractivity contribution is -0.233. The van der Waals surface area contributed by atoms with Gasteiger partial charge < -0.3 is 20.5 Å². The first kappa shape index (κ1) is 26.7. The molecule has 0 radical (unpaired) electrons. The third-order valence-electron chi connectivity index (χ3n) is 7.39. The number of nitrogens with zero attached hydrogens (tertiary/aromatic N) is 6. The molecule has 1 saturated heterocycles. The molecule has 1 saturated carbocycles. The summed E-state index contributed by atoms with van der Waals surface area (Å²) in [5.41, 5.74) is 7.88. The average molecular weight is 571 g/mol. The van der Waals surface area contributed by atoms with Gasteiger partial charge in [0.05, 0.1) is 22.8 Å². The van der Waals surface area contributed by atoms with E-state index in [1.54, 1.807) is 0 Å². The number of anilines is 1. The molecule has 1 atom stereocenters. The first-order chi connectivity index (χ1) is 19.7. The van der Waals surface area contributed by atoms with Gasteiger partial charge in [0.1, 0.15) is 5.52 Å². The lowest BCUT2D eigenvalue weighted by atomic mass is 10.1. The molecule has 6 rings (SSSR count). The van der Waals surface area contributed by atoms with Gasteiger partial charge in [-0.3, -0.25) is 9.78 Å². The van der Waals surface area contributed by atoms with Crippen LogP contribution < -0.4 is 11.1 Å². The van der Waals surface area contributed by atoms with Crippen LogP contribution in [0.1, 0.15) is 48.5 Å². The van der Waals surface area contributed by atoms with E-state index in [1.807, 2.05) is 34.9 Å². The summed E-state index contributed by atoms with van der Waals surface area (Å²) < 4.78 is 46.4. The second-order valence-electron chi connectivity index (χ2n) is 9.98. The van der Waals surface area contributed by atoms with Crippen LogP contribution in [-0.2, 0) is 9.63 Å². The smallest absolute Gasteiger partial charge is 0.379 e. The summed E-state index contributed by atoms with van der Waals surface area (Å²) in [5, 5.41) is 11.1. The number of benzene rings is 1. The van der Waals surface area contributed by atoms with Crippen molar-refractivity contribution in [2.75, 3.05) is 18.8 Å². The largest absolute Gasteiger partial charge is 0.493 e. The number of nitrogens with two attached hydrogens (primary N) is 1. The quantitative estimate of drug-likeness (QED) is 0.340. The third kappa shape index (κ3) is 4.85. The van der Waals surface area contributed by atoms with E-state index in [9.17, 15) is 22.8 Å². The number of rotatable bonds is 5. The summed E-state index contributed by atoms with van der Waals surface area (Å²) in [5.74, 6) is -3.18. The number of nitrogens with one attached hydrogen (secondary N) is 1. The topological polar surface area (TPSA) is 154 Å². The summed E-state index contributed by atoms with van der Waals surface area (Å²) in [6.07, 6.45) is -0.404. The van der Waals surface area contributed by atoms with Crippen molar-refractivity contribution >= 4 is 28.7 Å². The molecule has 4 heterocycles. The van der Waals surface area contributed by atoms with Crippen molar-refractivity contribution < 1.29 is 32.2 Å². The number of amides is 1. The van der Waals surface area contributed by atoms with Crippen molar-refractivity contribution in [3.05, 3.63) is 42.1 Å². The Morgan fingerprint density at radius 2 is 1.85 bits per heavy atom. The number of aromatic nitrogens is 5. The Bertz CT molecular complexity index is 1590. The summed E-state index contributed by atoms with van der Waals surface area (Å²) in [6, 6.07) is 8.17. The van der Waals surface area contributed by atoms with Crippen LogP contribution in [0, 0.1) is 0 Å². The molecule has 41 heavy (non-hydrogen) atoms. The molecule has 15 heteroatoms. The van der Waals surface area contributed by atoms with Crippen LogP contribution in [0.3, 0.4) is 0 Å². The van der Waals surface area contributed by atoms with Crippen LogP contribution in [0.15, 0.2) is 41.2 Å². The van der Waals surface area contributed by atoms with Crippen molar-refractivity contribution in [1.82, 2.24) is 35.2 Å². The molecule has 3 N–H and O–H groups in total.